The number of benzene rings is 1. The maximum atomic E-state index is 12.1. The summed E-state index contributed by atoms with van der Waals surface area (Å²) in [4.78, 5) is 3.89. The molecule has 3 nitrogen and oxygen atoms in total. The van der Waals surface area contributed by atoms with Crippen molar-refractivity contribution in [1.82, 2.24) is 4.98 Å². The van der Waals surface area contributed by atoms with E-state index in [1.54, 1.807) is 36.7 Å². The van der Waals surface area contributed by atoms with Crippen LogP contribution in [0.1, 0.15) is 17.2 Å². The molecule has 0 bridgehead atoms. The Bertz CT molecular complexity index is 520. The van der Waals surface area contributed by atoms with Gasteiger partial charge in [0.05, 0.1) is 6.10 Å². The van der Waals surface area contributed by atoms with Crippen molar-refractivity contribution in [3.05, 3.63) is 59.9 Å². The van der Waals surface area contributed by atoms with Crippen molar-refractivity contribution in [3.8, 4) is 5.75 Å². The lowest BCUT2D eigenvalue weighted by atomic mass is 10.0. The van der Waals surface area contributed by atoms with Crippen molar-refractivity contribution in [2.24, 2.45) is 0 Å². The third-order valence-electron chi connectivity index (χ3n) is 2.65. The zero-order valence-electron chi connectivity index (χ0n) is 10.0. The van der Waals surface area contributed by atoms with Crippen LogP contribution in [0.3, 0.4) is 0 Å². The Balaban J connectivity index is 2.08. The first-order valence-corrected chi connectivity index (χ1v) is 5.77. The number of hydrogen-bond acceptors (Lipinski definition) is 3. The number of aliphatic hydroxyl groups is 1. The van der Waals surface area contributed by atoms with Gasteiger partial charge in [-0.2, -0.15) is 8.78 Å². The molecule has 0 aliphatic heterocycles. The number of nitrogens with zero attached hydrogens (tertiary/aromatic N) is 1. The second-order valence-corrected chi connectivity index (χ2v) is 4.03. The number of halogens is 2. The van der Waals surface area contributed by atoms with E-state index in [0.29, 0.717) is 12.0 Å². The Morgan fingerprint density at radius 3 is 2.58 bits per heavy atom. The van der Waals surface area contributed by atoms with E-state index in [-0.39, 0.29) is 5.75 Å². The van der Waals surface area contributed by atoms with Crippen LogP contribution in [0.4, 0.5) is 8.78 Å². The van der Waals surface area contributed by atoms with Crippen molar-refractivity contribution >= 4 is 0 Å². The monoisotopic (exact) mass is 265 g/mol. The topological polar surface area (TPSA) is 42.4 Å². The molecule has 0 aliphatic rings. The van der Waals surface area contributed by atoms with Crippen LogP contribution in [0.25, 0.3) is 0 Å². The minimum Gasteiger partial charge on any atom is -0.435 e. The predicted octanol–water partition coefficient (Wildman–Crippen LogP) is 2.96. The van der Waals surface area contributed by atoms with Crippen molar-refractivity contribution in [2.45, 2.75) is 19.1 Å². The van der Waals surface area contributed by atoms with E-state index in [1.807, 2.05) is 0 Å². The molecule has 19 heavy (non-hydrogen) atoms. The molecule has 1 aromatic carbocycles. The summed E-state index contributed by atoms with van der Waals surface area (Å²) in [6.45, 7) is -2.87. The molecule has 1 atom stereocenters. The smallest absolute Gasteiger partial charge is 0.387 e. The maximum absolute atomic E-state index is 12.1. The van der Waals surface area contributed by atoms with E-state index in [4.69, 9.17) is 0 Å². The summed E-state index contributed by atoms with van der Waals surface area (Å²) in [5, 5.41) is 10.1. The Morgan fingerprint density at radius 1 is 1.16 bits per heavy atom. The second kappa shape index (κ2) is 6.24. The summed E-state index contributed by atoms with van der Waals surface area (Å²) >= 11 is 0. The highest BCUT2D eigenvalue weighted by molar-refractivity contribution is 5.30. The van der Waals surface area contributed by atoms with Gasteiger partial charge in [-0.05, 0) is 35.4 Å². The van der Waals surface area contributed by atoms with Gasteiger partial charge >= 0.3 is 6.61 Å². The Kier molecular flexibility index (Phi) is 4.41. The molecule has 0 spiro atoms. The zero-order chi connectivity index (χ0) is 13.7. The molecule has 1 aromatic heterocycles. The van der Waals surface area contributed by atoms with Gasteiger partial charge < -0.3 is 9.84 Å². The quantitative estimate of drug-likeness (QED) is 0.903. The van der Waals surface area contributed by atoms with Crippen LogP contribution in [0.15, 0.2) is 48.8 Å². The zero-order valence-corrected chi connectivity index (χ0v) is 10.0. The van der Waals surface area contributed by atoms with Crippen LogP contribution in [0.5, 0.6) is 5.75 Å². The van der Waals surface area contributed by atoms with Crippen LogP contribution in [0.2, 0.25) is 0 Å². The third-order valence-corrected chi connectivity index (χ3v) is 2.65. The number of ether oxygens (including phenoxy) is 1. The first-order chi connectivity index (χ1) is 9.15. The Labute approximate surface area is 109 Å². The van der Waals surface area contributed by atoms with E-state index >= 15 is 0 Å². The van der Waals surface area contributed by atoms with Gasteiger partial charge in [0.15, 0.2) is 0 Å². The first kappa shape index (κ1) is 13.4. The summed E-state index contributed by atoms with van der Waals surface area (Å²) in [5.41, 5.74) is 1.46. The highest BCUT2D eigenvalue weighted by atomic mass is 19.3. The van der Waals surface area contributed by atoms with Crippen molar-refractivity contribution in [3.63, 3.8) is 0 Å². The number of alkyl halides is 2. The van der Waals surface area contributed by atoms with Crippen LogP contribution in [-0.2, 0) is 6.42 Å². The molecule has 0 fully saturated rings. The fraction of sp³-hybridized carbons (Fsp3) is 0.214. The van der Waals surface area contributed by atoms with Crippen molar-refractivity contribution < 1.29 is 18.6 Å². The van der Waals surface area contributed by atoms with Gasteiger partial charge in [0.2, 0.25) is 0 Å². The standard InChI is InChI=1S/C14H13F2NO2/c15-14(16)19-12-3-1-2-11(9-12)13(18)8-10-4-6-17-7-5-10/h1-7,9,13-14,18H,8H2. The molecular formula is C14H13F2NO2. The molecule has 0 saturated heterocycles. The largest absolute Gasteiger partial charge is 0.435 e. The lowest BCUT2D eigenvalue weighted by Gasteiger charge is -2.12. The first-order valence-electron chi connectivity index (χ1n) is 5.77. The van der Waals surface area contributed by atoms with E-state index in [2.05, 4.69) is 9.72 Å². The molecule has 1 N–H and O–H groups in total. The lowest BCUT2D eigenvalue weighted by Crippen LogP contribution is -2.05. The summed E-state index contributed by atoms with van der Waals surface area (Å²) in [7, 11) is 0. The van der Waals surface area contributed by atoms with E-state index in [0.717, 1.165) is 5.56 Å². The minimum atomic E-state index is -2.87. The normalized spacial score (nSPS) is 12.4. The van der Waals surface area contributed by atoms with Gasteiger partial charge in [-0.3, -0.25) is 4.98 Å². The molecule has 100 valence electrons. The number of aliphatic hydroxyl groups excluding tert-OH is 1. The van der Waals surface area contributed by atoms with Crippen LogP contribution >= 0.6 is 0 Å². The highest BCUT2D eigenvalue weighted by Gasteiger charge is 2.11. The van der Waals surface area contributed by atoms with Gasteiger partial charge in [-0.15, -0.1) is 0 Å². The molecule has 1 heterocycles. The summed E-state index contributed by atoms with van der Waals surface area (Å²) in [6.07, 6.45) is 2.89. The molecule has 0 amide bonds. The number of rotatable bonds is 5. The second-order valence-electron chi connectivity index (χ2n) is 4.03. The summed E-state index contributed by atoms with van der Waals surface area (Å²) < 4.78 is 28.5. The van der Waals surface area contributed by atoms with E-state index < -0.39 is 12.7 Å². The fourth-order valence-corrected chi connectivity index (χ4v) is 1.76. The SMILES string of the molecule is OC(Cc1ccncc1)c1cccc(OC(F)F)c1. The molecule has 0 aliphatic carbocycles. The number of hydrogen-bond donors (Lipinski definition) is 1. The molecule has 2 rings (SSSR count). The van der Waals surface area contributed by atoms with E-state index in [1.165, 1.54) is 12.1 Å². The lowest BCUT2D eigenvalue weighted by molar-refractivity contribution is -0.0499. The van der Waals surface area contributed by atoms with Gasteiger partial charge in [-0.25, -0.2) is 0 Å². The van der Waals surface area contributed by atoms with Crippen LogP contribution in [0, 0.1) is 0 Å². The van der Waals surface area contributed by atoms with Gasteiger partial charge in [0.1, 0.15) is 5.75 Å². The number of pyridine rings is 1. The maximum Gasteiger partial charge on any atom is 0.387 e. The average Bonchev–Trinajstić information content (AvgIpc) is 2.39. The molecule has 0 radical (unpaired) electrons. The Morgan fingerprint density at radius 2 is 1.89 bits per heavy atom. The van der Waals surface area contributed by atoms with Crippen LogP contribution < -0.4 is 4.74 Å². The fourth-order valence-electron chi connectivity index (χ4n) is 1.76. The number of aromatic nitrogens is 1. The van der Waals surface area contributed by atoms with Gasteiger partial charge in [-0.1, -0.05) is 12.1 Å². The van der Waals surface area contributed by atoms with E-state index in [9.17, 15) is 13.9 Å². The van der Waals surface area contributed by atoms with Crippen molar-refractivity contribution in [1.29, 1.82) is 0 Å². The highest BCUT2D eigenvalue weighted by Crippen LogP contribution is 2.23. The van der Waals surface area contributed by atoms with Crippen molar-refractivity contribution in [2.75, 3.05) is 0 Å². The average molecular weight is 265 g/mol. The van der Waals surface area contributed by atoms with Gasteiger partial charge in [0.25, 0.3) is 0 Å². The third kappa shape index (κ3) is 3.99. The summed E-state index contributed by atoms with van der Waals surface area (Å²) in [5.74, 6) is 0.0429. The predicted molar refractivity (Wildman–Crippen MR) is 66.0 cm³/mol. The molecule has 1 unspecified atom stereocenters. The summed E-state index contributed by atoms with van der Waals surface area (Å²) in [6, 6.07) is 9.67. The molecule has 2 aromatic rings. The molecule has 0 saturated carbocycles. The van der Waals surface area contributed by atoms with Crippen LogP contribution in [-0.4, -0.2) is 16.7 Å². The van der Waals surface area contributed by atoms with Gasteiger partial charge in [0, 0.05) is 18.8 Å². The molecule has 5 heteroatoms. The Hall–Kier alpha value is -2.01. The molecular weight excluding hydrogens is 252 g/mol. The minimum absolute atomic E-state index is 0.0429.